The number of carbonyl (C=O) groups is 1. The van der Waals surface area contributed by atoms with Crippen LogP contribution in [0, 0.1) is 0 Å². The minimum absolute atomic E-state index is 0. The van der Waals surface area contributed by atoms with E-state index in [2.05, 4.69) is 5.32 Å². The highest BCUT2D eigenvalue weighted by molar-refractivity contribution is 5.85. The third-order valence-corrected chi connectivity index (χ3v) is 2.80. The Bertz CT molecular complexity index is 203. The lowest BCUT2D eigenvalue weighted by atomic mass is 10.2. The average Bonchev–Trinajstić information content (AvgIpc) is 2.82. The van der Waals surface area contributed by atoms with Crippen LogP contribution >= 0.6 is 12.4 Å². The van der Waals surface area contributed by atoms with Crippen molar-refractivity contribution in [2.24, 2.45) is 0 Å². The molecule has 17 heavy (non-hydrogen) atoms. The zero-order valence-electron chi connectivity index (χ0n) is 10.6. The normalized spacial score (nSPS) is 18.8. The molecular formula is C11H23ClN2O3. The van der Waals surface area contributed by atoms with Crippen LogP contribution in [-0.4, -0.2) is 63.9 Å². The van der Waals surface area contributed by atoms with Crippen molar-refractivity contribution < 1.29 is 14.3 Å². The van der Waals surface area contributed by atoms with Gasteiger partial charge in [-0.05, 0) is 19.4 Å². The third kappa shape index (κ3) is 5.68. The summed E-state index contributed by atoms with van der Waals surface area (Å²) in [6, 6.07) is -0.00582. The number of amides is 1. The van der Waals surface area contributed by atoms with Gasteiger partial charge >= 0.3 is 0 Å². The van der Waals surface area contributed by atoms with Crippen LogP contribution in [0.5, 0.6) is 0 Å². The highest BCUT2D eigenvalue weighted by Crippen LogP contribution is 2.08. The number of hydrogen-bond donors (Lipinski definition) is 1. The fourth-order valence-corrected chi connectivity index (χ4v) is 1.85. The van der Waals surface area contributed by atoms with Gasteiger partial charge in [0, 0.05) is 27.3 Å². The molecule has 5 nitrogen and oxygen atoms in total. The molecule has 0 aromatic heterocycles. The van der Waals surface area contributed by atoms with Crippen molar-refractivity contribution in [3.8, 4) is 0 Å². The zero-order chi connectivity index (χ0) is 11.8. The van der Waals surface area contributed by atoms with Crippen LogP contribution < -0.4 is 5.32 Å². The molecule has 1 atom stereocenters. The molecule has 1 amide bonds. The summed E-state index contributed by atoms with van der Waals surface area (Å²) in [7, 11) is 3.29. The number of halogens is 1. The number of nitrogens with one attached hydrogen (secondary N) is 1. The summed E-state index contributed by atoms with van der Waals surface area (Å²) >= 11 is 0. The maximum atomic E-state index is 12.1. The van der Waals surface area contributed by atoms with Crippen LogP contribution in [0.3, 0.4) is 0 Å². The Kier molecular flexibility index (Phi) is 9.44. The SMILES string of the molecule is COCCN(CCOC)C(=O)[C@@H]1CCCN1.Cl. The lowest BCUT2D eigenvalue weighted by molar-refractivity contribution is -0.134. The number of carbonyl (C=O) groups excluding carboxylic acids is 1. The van der Waals surface area contributed by atoms with Crippen molar-refractivity contribution in [2.45, 2.75) is 18.9 Å². The van der Waals surface area contributed by atoms with E-state index in [1.165, 1.54) is 0 Å². The molecule has 0 aliphatic carbocycles. The van der Waals surface area contributed by atoms with Gasteiger partial charge in [-0.3, -0.25) is 4.79 Å². The fraction of sp³-hybridized carbons (Fsp3) is 0.909. The van der Waals surface area contributed by atoms with Crippen LogP contribution in [0.4, 0.5) is 0 Å². The van der Waals surface area contributed by atoms with E-state index in [-0.39, 0.29) is 24.4 Å². The van der Waals surface area contributed by atoms with Crippen LogP contribution in [0.25, 0.3) is 0 Å². The Hall–Kier alpha value is -0.360. The molecule has 1 N–H and O–H groups in total. The molecule has 0 unspecified atom stereocenters. The van der Waals surface area contributed by atoms with Crippen molar-refractivity contribution >= 4 is 18.3 Å². The summed E-state index contributed by atoms with van der Waals surface area (Å²) in [5.41, 5.74) is 0. The van der Waals surface area contributed by atoms with Crippen molar-refractivity contribution in [1.82, 2.24) is 10.2 Å². The van der Waals surface area contributed by atoms with Gasteiger partial charge < -0.3 is 19.7 Å². The van der Waals surface area contributed by atoms with Gasteiger partial charge in [0.2, 0.25) is 5.91 Å². The van der Waals surface area contributed by atoms with Gasteiger partial charge in [-0.2, -0.15) is 0 Å². The molecule has 1 saturated heterocycles. The molecule has 0 saturated carbocycles. The first-order valence-corrected chi connectivity index (χ1v) is 5.79. The molecule has 0 spiro atoms. The summed E-state index contributed by atoms with van der Waals surface area (Å²) in [6.07, 6.45) is 2.02. The topological polar surface area (TPSA) is 50.8 Å². The maximum Gasteiger partial charge on any atom is 0.239 e. The summed E-state index contributed by atoms with van der Waals surface area (Å²) in [5, 5.41) is 3.22. The van der Waals surface area contributed by atoms with Crippen LogP contribution in [0.1, 0.15) is 12.8 Å². The van der Waals surface area contributed by atoms with E-state index in [0.29, 0.717) is 26.3 Å². The number of rotatable bonds is 7. The molecule has 6 heteroatoms. The van der Waals surface area contributed by atoms with Crippen molar-refractivity contribution in [3.63, 3.8) is 0 Å². The molecule has 0 aromatic rings. The average molecular weight is 267 g/mol. The van der Waals surface area contributed by atoms with Crippen molar-refractivity contribution in [2.75, 3.05) is 47.1 Å². The summed E-state index contributed by atoms with van der Waals surface area (Å²) in [5.74, 6) is 0.173. The summed E-state index contributed by atoms with van der Waals surface area (Å²) < 4.78 is 10.0. The number of hydrogen-bond acceptors (Lipinski definition) is 4. The Morgan fingerprint density at radius 3 is 2.29 bits per heavy atom. The first-order chi connectivity index (χ1) is 7.79. The molecule has 0 bridgehead atoms. The second kappa shape index (κ2) is 9.65. The lowest BCUT2D eigenvalue weighted by Gasteiger charge is -2.25. The second-order valence-corrected chi connectivity index (χ2v) is 3.96. The highest BCUT2D eigenvalue weighted by Gasteiger charge is 2.26. The third-order valence-electron chi connectivity index (χ3n) is 2.80. The van der Waals surface area contributed by atoms with Gasteiger partial charge in [-0.1, -0.05) is 0 Å². The lowest BCUT2D eigenvalue weighted by Crippen LogP contribution is -2.46. The van der Waals surface area contributed by atoms with E-state index in [0.717, 1.165) is 19.4 Å². The van der Waals surface area contributed by atoms with Crippen LogP contribution in [0.15, 0.2) is 0 Å². The predicted molar refractivity (Wildman–Crippen MR) is 68.6 cm³/mol. The molecule has 0 aromatic carbocycles. The van der Waals surface area contributed by atoms with Gasteiger partial charge in [0.25, 0.3) is 0 Å². The van der Waals surface area contributed by atoms with E-state index in [1.807, 2.05) is 4.90 Å². The Balaban J connectivity index is 0.00000256. The van der Waals surface area contributed by atoms with E-state index in [4.69, 9.17) is 9.47 Å². The molecule has 1 rings (SSSR count). The number of nitrogens with zero attached hydrogens (tertiary/aromatic N) is 1. The second-order valence-electron chi connectivity index (χ2n) is 3.96. The fourth-order valence-electron chi connectivity index (χ4n) is 1.85. The highest BCUT2D eigenvalue weighted by atomic mass is 35.5. The largest absolute Gasteiger partial charge is 0.383 e. The molecule has 1 fully saturated rings. The maximum absolute atomic E-state index is 12.1. The summed E-state index contributed by atoms with van der Waals surface area (Å²) in [6.45, 7) is 3.36. The van der Waals surface area contributed by atoms with Gasteiger partial charge in [0.05, 0.1) is 19.3 Å². The van der Waals surface area contributed by atoms with Gasteiger partial charge in [0.15, 0.2) is 0 Å². The Morgan fingerprint density at radius 1 is 1.29 bits per heavy atom. The number of ether oxygens (including phenoxy) is 2. The minimum atomic E-state index is -0.00582. The van der Waals surface area contributed by atoms with Gasteiger partial charge in [-0.25, -0.2) is 0 Å². The van der Waals surface area contributed by atoms with E-state index < -0.39 is 0 Å². The molecule has 102 valence electrons. The smallest absolute Gasteiger partial charge is 0.239 e. The van der Waals surface area contributed by atoms with Crippen LogP contribution in [0.2, 0.25) is 0 Å². The molecule has 1 heterocycles. The first-order valence-electron chi connectivity index (χ1n) is 5.79. The van der Waals surface area contributed by atoms with Crippen molar-refractivity contribution in [1.29, 1.82) is 0 Å². The monoisotopic (exact) mass is 266 g/mol. The zero-order valence-corrected chi connectivity index (χ0v) is 11.4. The molecular weight excluding hydrogens is 244 g/mol. The van der Waals surface area contributed by atoms with Crippen LogP contribution in [-0.2, 0) is 14.3 Å². The van der Waals surface area contributed by atoms with E-state index in [9.17, 15) is 4.79 Å². The summed E-state index contributed by atoms with van der Waals surface area (Å²) in [4.78, 5) is 13.9. The molecule has 1 aliphatic heterocycles. The quantitative estimate of drug-likeness (QED) is 0.719. The Morgan fingerprint density at radius 2 is 1.88 bits per heavy atom. The molecule has 1 aliphatic rings. The molecule has 0 radical (unpaired) electrons. The minimum Gasteiger partial charge on any atom is -0.383 e. The van der Waals surface area contributed by atoms with Gasteiger partial charge in [-0.15, -0.1) is 12.4 Å². The van der Waals surface area contributed by atoms with Crippen molar-refractivity contribution in [3.05, 3.63) is 0 Å². The standard InChI is InChI=1S/C11H22N2O3.ClH/c1-15-8-6-13(7-9-16-2)11(14)10-4-3-5-12-10;/h10,12H,3-9H2,1-2H3;1H/t10-;/m0./s1. The Labute approximate surface area is 109 Å². The van der Waals surface area contributed by atoms with Gasteiger partial charge in [0.1, 0.15) is 0 Å². The van der Waals surface area contributed by atoms with E-state index >= 15 is 0 Å². The first kappa shape index (κ1) is 16.6. The number of methoxy groups -OCH3 is 2. The predicted octanol–water partition coefficient (Wildman–Crippen LogP) is 0.282. The van der Waals surface area contributed by atoms with E-state index in [1.54, 1.807) is 14.2 Å².